The Balaban J connectivity index is 1.89. The van der Waals surface area contributed by atoms with Gasteiger partial charge in [0.25, 0.3) is 5.91 Å². The molecule has 0 saturated heterocycles. The van der Waals surface area contributed by atoms with E-state index < -0.39 is 6.17 Å². The van der Waals surface area contributed by atoms with E-state index in [0.717, 1.165) is 12.8 Å². The molecule has 1 N–H and O–H groups in total. The molecule has 1 aliphatic rings. The number of carbonyl (C=O) groups is 1. The maximum atomic E-state index is 14.6. The van der Waals surface area contributed by atoms with E-state index in [1.807, 2.05) is 33.8 Å². The molecule has 8 heteroatoms. The fourth-order valence-corrected chi connectivity index (χ4v) is 3.79. The lowest BCUT2D eigenvalue weighted by molar-refractivity contribution is 0.101. The van der Waals surface area contributed by atoms with Crippen molar-refractivity contribution in [3.8, 4) is 0 Å². The Morgan fingerprint density at radius 3 is 2.61 bits per heavy atom. The van der Waals surface area contributed by atoms with E-state index in [9.17, 15) is 9.18 Å². The Labute approximate surface area is 165 Å². The summed E-state index contributed by atoms with van der Waals surface area (Å²) in [6.45, 7) is 8.29. The van der Waals surface area contributed by atoms with E-state index in [2.05, 4.69) is 15.5 Å². The zero-order chi connectivity index (χ0) is 20.6. The molecule has 7 nitrogen and oxygen atoms in total. The van der Waals surface area contributed by atoms with Crippen LogP contribution in [0.1, 0.15) is 68.3 Å². The third-order valence-electron chi connectivity index (χ3n) is 5.30. The molecule has 1 fully saturated rings. The largest absolute Gasteiger partial charge is 0.378 e. The first kappa shape index (κ1) is 20.5. The number of anilines is 1. The Bertz CT molecular complexity index is 851. The van der Waals surface area contributed by atoms with Gasteiger partial charge in [0.2, 0.25) is 0 Å². The number of methoxy groups -OCH3 is 1. The fourth-order valence-electron chi connectivity index (χ4n) is 3.79. The van der Waals surface area contributed by atoms with Gasteiger partial charge in [0.15, 0.2) is 0 Å². The van der Waals surface area contributed by atoms with Crippen molar-refractivity contribution in [2.24, 2.45) is 13.0 Å². The molecule has 0 aliphatic heterocycles. The van der Waals surface area contributed by atoms with Gasteiger partial charge in [-0.3, -0.25) is 9.48 Å². The summed E-state index contributed by atoms with van der Waals surface area (Å²) in [7, 11) is 3.30. The molecule has 0 spiro atoms. The first-order chi connectivity index (χ1) is 13.1. The predicted octanol–water partition coefficient (Wildman–Crippen LogP) is 3.62. The molecule has 28 heavy (non-hydrogen) atoms. The third kappa shape index (κ3) is 3.97. The van der Waals surface area contributed by atoms with Crippen LogP contribution in [0.2, 0.25) is 0 Å². The minimum Gasteiger partial charge on any atom is -0.378 e. The maximum absolute atomic E-state index is 14.6. The Kier molecular flexibility index (Phi) is 5.61. The van der Waals surface area contributed by atoms with E-state index in [1.54, 1.807) is 24.9 Å². The molecule has 1 aliphatic carbocycles. The predicted molar refractivity (Wildman–Crippen MR) is 105 cm³/mol. The highest BCUT2D eigenvalue weighted by molar-refractivity contribution is 6.02. The van der Waals surface area contributed by atoms with Gasteiger partial charge >= 0.3 is 0 Å². The summed E-state index contributed by atoms with van der Waals surface area (Å²) in [5, 5.41) is 11.9. The zero-order valence-corrected chi connectivity index (χ0v) is 17.5. The minimum atomic E-state index is -0.902. The number of aromatic nitrogens is 4. The van der Waals surface area contributed by atoms with Gasteiger partial charge in [-0.1, -0.05) is 6.92 Å². The quantitative estimate of drug-likeness (QED) is 0.845. The van der Waals surface area contributed by atoms with Crippen molar-refractivity contribution < 1.29 is 13.9 Å². The Hall–Kier alpha value is -2.22. The number of nitrogens with zero attached hydrogens (tertiary/aromatic N) is 4. The second-order valence-electron chi connectivity index (χ2n) is 8.67. The SMILES string of the molecule is COCc1cc(C(=O)Nc2cc([C@@H]3CC[C@H](C)[C@H]3F)nn2C(C)(C)C)n(C)n1. The number of aryl methyl sites for hydroxylation is 1. The molecule has 0 radical (unpaired) electrons. The van der Waals surface area contributed by atoms with Crippen LogP contribution in [0, 0.1) is 5.92 Å². The molecule has 2 aromatic heterocycles. The summed E-state index contributed by atoms with van der Waals surface area (Å²) < 4.78 is 23.0. The van der Waals surface area contributed by atoms with Crippen LogP contribution in [-0.2, 0) is 23.9 Å². The van der Waals surface area contributed by atoms with Crippen LogP contribution in [0.15, 0.2) is 12.1 Å². The van der Waals surface area contributed by atoms with Gasteiger partial charge in [0, 0.05) is 26.1 Å². The molecule has 3 atom stereocenters. The normalized spacial score (nSPS) is 22.6. The van der Waals surface area contributed by atoms with Crippen LogP contribution in [0.4, 0.5) is 10.2 Å². The standard InChI is InChI=1S/C20H30FN5O2/c1-12-7-8-14(18(12)21)15-10-17(26(24-15)20(2,3)4)22-19(27)16-9-13(11-28-6)23-25(16)5/h9-10,12,14,18H,7-8,11H2,1-6H3,(H,22,27)/t12-,14-,18+/m0/s1. The van der Waals surface area contributed by atoms with Gasteiger partial charge in [-0.2, -0.15) is 10.2 Å². The van der Waals surface area contributed by atoms with Gasteiger partial charge in [0.05, 0.1) is 23.5 Å². The van der Waals surface area contributed by atoms with Crippen molar-refractivity contribution >= 4 is 11.7 Å². The highest BCUT2D eigenvalue weighted by Gasteiger charge is 2.37. The van der Waals surface area contributed by atoms with Gasteiger partial charge in [-0.15, -0.1) is 0 Å². The monoisotopic (exact) mass is 391 g/mol. The number of carbonyl (C=O) groups excluding carboxylic acids is 1. The van der Waals surface area contributed by atoms with Crippen molar-refractivity contribution in [1.29, 1.82) is 0 Å². The number of nitrogens with one attached hydrogen (secondary N) is 1. The summed E-state index contributed by atoms with van der Waals surface area (Å²) in [6, 6.07) is 3.51. The lowest BCUT2D eigenvalue weighted by Crippen LogP contribution is -2.27. The van der Waals surface area contributed by atoms with Crippen molar-refractivity contribution in [2.75, 3.05) is 12.4 Å². The number of hydrogen-bond acceptors (Lipinski definition) is 4. The molecule has 0 unspecified atom stereocenters. The van der Waals surface area contributed by atoms with E-state index in [-0.39, 0.29) is 23.3 Å². The number of amides is 1. The molecular formula is C20H30FN5O2. The minimum absolute atomic E-state index is 0.0384. The van der Waals surface area contributed by atoms with Crippen LogP contribution in [0.25, 0.3) is 0 Å². The summed E-state index contributed by atoms with van der Waals surface area (Å²) in [5.41, 5.74) is 1.45. The van der Waals surface area contributed by atoms with E-state index in [4.69, 9.17) is 4.74 Å². The maximum Gasteiger partial charge on any atom is 0.275 e. The van der Waals surface area contributed by atoms with Crippen molar-refractivity contribution in [1.82, 2.24) is 19.6 Å². The van der Waals surface area contributed by atoms with E-state index >= 15 is 0 Å². The molecular weight excluding hydrogens is 361 g/mol. The molecule has 3 rings (SSSR count). The summed E-state index contributed by atoms with van der Waals surface area (Å²) in [6.07, 6.45) is 0.729. The first-order valence-corrected chi connectivity index (χ1v) is 9.69. The Morgan fingerprint density at radius 2 is 2.04 bits per heavy atom. The average molecular weight is 391 g/mol. The molecule has 2 heterocycles. The number of rotatable bonds is 5. The van der Waals surface area contributed by atoms with Gasteiger partial charge in [-0.05, 0) is 45.6 Å². The second-order valence-corrected chi connectivity index (χ2v) is 8.67. The molecule has 1 amide bonds. The van der Waals surface area contributed by atoms with Crippen molar-refractivity contribution in [2.45, 2.75) is 64.8 Å². The van der Waals surface area contributed by atoms with Crippen LogP contribution >= 0.6 is 0 Å². The second kappa shape index (κ2) is 7.66. The molecule has 0 aromatic carbocycles. The van der Waals surface area contributed by atoms with Crippen LogP contribution in [0.5, 0.6) is 0 Å². The first-order valence-electron chi connectivity index (χ1n) is 9.69. The Morgan fingerprint density at radius 1 is 1.32 bits per heavy atom. The fraction of sp³-hybridized carbons (Fsp3) is 0.650. The summed E-state index contributed by atoms with van der Waals surface area (Å²) in [4.78, 5) is 12.9. The zero-order valence-electron chi connectivity index (χ0n) is 17.5. The topological polar surface area (TPSA) is 74.0 Å². The van der Waals surface area contributed by atoms with Gasteiger partial charge < -0.3 is 10.1 Å². The molecule has 1 saturated carbocycles. The summed E-state index contributed by atoms with van der Waals surface area (Å²) in [5.74, 6) is 0.0929. The van der Waals surface area contributed by atoms with Gasteiger partial charge in [-0.25, -0.2) is 9.07 Å². The molecule has 2 aromatic rings. The average Bonchev–Trinajstić information content (AvgIpc) is 3.26. The van der Waals surface area contributed by atoms with E-state index in [1.165, 1.54) is 4.68 Å². The van der Waals surface area contributed by atoms with E-state index in [0.29, 0.717) is 29.5 Å². The van der Waals surface area contributed by atoms with Crippen LogP contribution in [0.3, 0.4) is 0 Å². The lowest BCUT2D eigenvalue weighted by Gasteiger charge is -2.22. The van der Waals surface area contributed by atoms with Crippen molar-refractivity contribution in [3.05, 3.63) is 29.2 Å². The van der Waals surface area contributed by atoms with Crippen LogP contribution in [-0.4, -0.2) is 38.7 Å². The molecule has 154 valence electrons. The van der Waals surface area contributed by atoms with Crippen LogP contribution < -0.4 is 5.32 Å². The number of halogens is 1. The highest BCUT2D eigenvalue weighted by atomic mass is 19.1. The summed E-state index contributed by atoms with van der Waals surface area (Å²) >= 11 is 0. The smallest absolute Gasteiger partial charge is 0.275 e. The number of ether oxygens (including phenoxy) is 1. The third-order valence-corrected chi connectivity index (χ3v) is 5.30. The van der Waals surface area contributed by atoms with Gasteiger partial charge in [0.1, 0.15) is 17.7 Å². The lowest BCUT2D eigenvalue weighted by atomic mass is 10.0. The molecule has 0 bridgehead atoms. The number of hydrogen-bond donors (Lipinski definition) is 1. The van der Waals surface area contributed by atoms with Crippen molar-refractivity contribution in [3.63, 3.8) is 0 Å². The number of alkyl halides is 1. The highest BCUT2D eigenvalue weighted by Crippen LogP contribution is 2.41.